The number of ether oxygens (including phenoxy) is 1. The molecular weight excluding hydrogens is 183 g/mol. The van der Waals surface area contributed by atoms with Gasteiger partial charge in [-0.1, -0.05) is 18.2 Å². The Morgan fingerprint density at radius 3 is 2.71 bits per heavy atom. The molecular formula is C11H13FO2. The van der Waals surface area contributed by atoms with Crippen molar-refractivity contribution in [3.63, 3.8) is 0 Å². The van der Waals surface area contributed by atoms with E-state index in [-0.39, 0.29) is 6.10 Å². The molecule has 0 radical (unpaired) electrons. The number of benzene rings is 1. The van der Waals surface area contributed by atoms with Crippen molar-refractivity contribution < 1.29 is 14.2 Å². The third-order valence-electron chi connectivity index (χ3n) is 1.70. The summed E-state index contributed by atoms with van der Waals surface area (Å²) in [6.07, 6.45) is 3.20. The smallest absolute Gasteiger partial charge is 0.132 e. The van der Waals surface area contributed by atoms with Gasteiger partial charge in [-0.2, -0.15) is 0 Å². The van der Waals surface area contributed by atoms with Gasteiger partial charge >= 0.3 is 0 Å². The van der Waals surface area contributed by atoms with Gasteiger partial charge in [0.25, 0.3) is 0 Å². The van der Waals surface area contributed by atoms with Crippen LogP contribution in [0.1, 0.15) is 13.3 Å². The van der Waals surface area contributed by atoms with Crippen molar-refractivity contribution in [3.05, 3.63) is 42.7 Å². The summed E-state index contributed by atoms with van der Waals surface area (Å²) in [4.78, 5) is 3.31. The van der Waals surface area contributed by atoms with Crippen LogP contribution < -0.4 is 4.74 Å². The average Bonchev–Trinajstić information content (AvgIpc) is 2.20. The Bertz CT molecular complexity index is 272. The first-order chi connectivity index (χ1) is 6.83. The van der Waals surface area contributed by atoms with Gasteiger partial charge in [-0.05, 0) is 25.1 Å². The Morgan fingerprint density at radius 2 is 2.07 bits per heavy atom. The molecule has 2 nitrogen and oxygen atoms in total. The molecule has 1 rings (SSSR count). The first-order valence-corrected chi connectivity index (χ1v) is 4.47. The lowest BCUT2D eigenvalue weighted by Crippen LogP contribution is -2.09. The zero-order valence-corrected chi connectivity index (χ0v) is 8.02. The van der Waals surface area contributed by atoms with E-state index in [0.29, 0.717) is 6.42 Å². The summed E-state index contributed by atoms with van der Waals surface area (Å²) in [6, 6.07) is 9.50. The quantitative estimate of drug-likeness (QED) is 0.673. The second kappa shape index (κ2) is 6.02. The van der Waals surface area contributed by atoms with Crippen molar-refractivity contribution in [1.82, 2.24) is 0 Å². The Hall–Kier alpha value is -1.51. The van der Waals surface area contributed by atoms with Gasteiger partial charge in [0.05, 0.1) is 6.10 Å². The van der Waals surface area contributed by atoms with Crippen molar-refractivity contribution in [3.8, 4) is 5.75 Å². The lowest BCUT2D eigenvalue weighted by atomic mass is 10.3. The molecule has 0 bridgehead atoms. The fourth-order valence-corrected chi connectivity index (χ4v) is 1.06. The van der Waals surface area contributed by atoms with Gasteiger partial charge in [0.15, 0.2) is 0 Å². The molecule has 0 aromatic heterocycles. The van der Waals surface area contributed by atoms with Crippen molar-refractivity contribution in [2.75, 3.05) is 0 Å². The van der Waals surface area contributed by atoms with Gasteiger partial charge in [-0.15, -0.1) is 0 Å². The predicted molar refractivity (Wildman–Crippen MR) is 52.5 cm³/mol. The van der Waals surface area contributed by atoms with E-state index in [1.165, 1.54) is 0 Å². The zero-order valence-electron chi connectivity index (χ0n) is 8.02. The molecule has 0 aliphatic heterocycles. The molecule has 14 heavy (non-hydrogen) atoms. The number of hydrogen-bond donors (Lipinski definition) is 0. The lowest BCUT2D eigenvalue weighted by molar-refractivity contribution is -0.0622. The number of halogens is 1. The summed E-state index contributed by atoms with van der Waals surface area (Å²) in [5, 5.41) is 0. The molecule has 1 atom stereocenters. The highest BCUT2D eigenvalue weighted by molar-refractivity contribution is 5.21. The highest BCUT2D eigenvalue weighted by atomic mass is 19.3. The van der Waals surface area contributed by atoms with Gasteiger partial charge < -0.3 is 9.68 Å². The maximum absolute atomic E-state index is 11.2. The van der Waals surface area contributed by atoms with E-state index in [1.54, 1.807) is 6.08 Å². The molecule has 1 unspecified atom stereocenters. The predicted octanol–water partition coefficient (Wildman–Crippen LogP) is 3.26. The van der Waals surface area contributed by atoms with Gasteiger partial charge in [0, 0.05) is 10.9 Å². The van der Waals surface area contributed by atoms with Crippen molar-refractivity contribution in [2.24, 2.45) is 0 Å². The Balaban J connectivity index is 2.34. The van der Waals surface area contributed by atoms with Crippen LogP contribution in [0.15, 0.2) is 42.7 Å². The van der Waals surface area contributed by atoms with E-state index in [1.807, 2.05) is 37.3 Å². The Kier molecular flexibility index (Phi) is 4.55. The van der Waals surface area contributed by atoms with Crippen molar-refractivity contribution in [2.45, 2.75) is 19.4 Å². The molecule has 0 amide bonds. The first kappa shape index (κ1) is 10.6. The number of hydrogen-bond acceptors (Lipinski definition) is 2. The van der Waals surface area contributed by atoms with Crippen LogP contribution in [0.2, 0.25) is 0 Å². The second-order valence-corrected chi connectivity index (χ2v) is 2.94. The van der Waals surface area contributed by atoms with Gasteiger partial charge in [-0.3, -0.25) is 0 Å². The number of para-hydroxylation sites is 1. The van der Waals surface area contributed by atoms with Crippen molar-refractivity contribution in [1.29, 1.82) is 0 Å². The summed E-state index contributed by atoms with van der Waals surface area (Å²) in [6.45, 7) is 1.91. The van der Waals surface area contributed by atoms with E-state index in [4.69, 9.17) is 4.74 Å². The minimum Gasteiger partial charge on any atom is -0.490 e. The van der Waals surface area contributed by atoms with E-state index >= 15 is 0 Å². The van der Waals surface area contributed by atoms with Gasteiger partial charge in [0.1, 0.15) is 12.0 Å². The molecule has 1 aromatic rings. The number of rotatable bonds is 5. The van der Waals surface area contributed by atoms with Crippen LogP contribution >= 0.6 is 0 Å². The maximum atomic E-state index is 11.2. The molecule has 0 heterocycles. The third-order valence-corrected chi connectivity index (χ3v) is 1.70. The maximum Gasteiger partial charge on any atom is 0.132 e. The highest BCUT2D eigenvalue weighted by Crippen LogP contribution is 2.12. The summed E-state index contributed by atoms with van der Waals surface area (Å²) >= 11 is 0. The normalized spacial score (nSPS) is 12.7. The standard InChI is InChI=1S/C11H13FO2/c1-10(6-5-9-13-12)14-11-7-3-2-4-8-11/h2-5,7-10H,6H2,1H3. The largest absolute Gasteiger partial charge is 0.490 e. The zero-order chi connectivity index (χ0) is 10.2. The third kappa shape index (κ3) is 3.94. The molecule has 0 N–H and O–H groups in total. The fourth-order valence-electron chi connectivity index (χ4n) is 1.06. The SMILES string of the molecule is CC(CC=COF)Oc1ccccc1. The molecule has 0 spiro atoms. The van der Waals surface area contributed by atoms with Crippen molar-refractivity contribution >= 4 is 0 Å². The summed E-state index contributed by atoms with van der Waals surface area (Å²) < 4.78 is 16.8. The monoisotopic (exact) mass is 196 g/mol. The summed E-state index contributed by atoms with van der Waals surface area (Å²) in [5.74, 6) is 0.814. The van der Waals surface area contributed by atoms with Gasteiger partial charge in [-0.25, -0.2) is 0 Å². The molecule has 0 aliphatic carbocycles. The molecule has 1 aromatic carbocycles. The van der Waals surface area contributed by atoms with Crippen LogP contribution in [0.5, 0.6) is 5.75 Å². The molecule has 0 aliphatic rings. The van der Waals surface area contributed by atoms with Gasteiger partial charge in [0.2, 0.25) is 0 Å². The lowest BCUT2D eigenvalue weighted by Gasteiger charge is -2.11. The first-order valence-electron chi connectivity index (χ1n) is 4.47. The van der Waals surface area contributed by atoms with E-state index < -0.39 is 0 Å². The van der Waals surface area contributed by atoms with Crippen LogP contribution in [0.3, 0.4) is 0 Å². The second-order valence-electron chi connectivity index (χ2n) is 2.94. The Morgan fingerprint density at radius 1 is 1.36 bits per heavy atom. The van der Waals surface area contributed by atoms with Crippen LogP contribution in [0.4, 0.5) is 4.53 Å². The summed E-state index contributed by atoms with van der Waals surface area (Å²) in [5.41, 5.74) is 0. The van der Waals surface area contributed by atoms with Crippen LogP contribution in [-0.4, -0.2) is 6.10 Å². The highest BCUT2D eigenvalue weighted by Gasteiger charge is 2.00. The average molecular weight is 196 g/mol. The molecule has 76 valence electrons. The van der Waals surface area contributed by atoms with E-state index in [2.05, 4.69) is 4.94 Å². The minimum atomic E-state index is 0.00352. The van der Waals surface area contributed by atoms with Crippen LogP contribution in [0.25, 0.3) is 0 Å². The fraction of sp³-hybridized carbons (Fsp3) is 0.273. The molecule has 0 saturated carbocycles. The minimum absolute atomic E-state index is 0.00352. The van der Waals surface area contributed by atoms with E-state index in [9.17, 15) is 4.53 Å². The van der Waals surface area contributed by atoms with Crippen LogP contribution in [-0.2, 0) is 4.94 Å². The molecule has 0 saturated heterocycles. The molecule has 0 fully saturated rings. The topological polar surface area (TPSA) is 18.5 Å². The molecule has 3 heteroatoms. The van der Waals surface area contributed by atoms with Crippen LogP contribution in [0, 0.1) is 0 Å². The Labute approximate surface area is 82.9 Å². The summed E-state index contributed by atoms with van der Waals surface area (Å²) in [7, 11) is 0. The van der Waals surface area contributed by atoms with E-state index in [0.717, 1.165) is 12.0 Å².